The fourth-order valence-electron chi connectivity index (χ4n) is 2.27. The van der Waals surface area contributed by atoms with E-state index in [1.807, 2.05) is 62.5 Å². The Morgan fingerprint density at radius 2 is 1.75 bits per heavy atom. The predicted octanol–water partition coefficient (Wildman–Crippen LogP) is 2.96. The molecule has 0 fully saturated rings. The minimum Gasteiger partial charge on any atom is -0.493 e. The summed E-state index contributed by atoms with van der Waals surface area (Å²) in [4.78, 5) is 11.9. The van der Waals surface area contributed by atoms with Crippen LogP contribution in [0.3, 0.4) is 0 Å². The van der Waals surface area contributed by atoms with Crippen LogP contribution in [0, 0.1) is 5.92 Å². The first-order valence-corrected chi connectivity index (χ1v) is 7.96. The monoisotopic (exact) mass is 328 g/mol. The Morgan fingerprint density at radius 3 is 2.38 bits per heavy atom. The van der Waals surface area contributed by atoms with Crippen molar-refractivity contribution in [1.29, 1.82) is 0 Å². The van der Waals surface area contributed by atoms with Gasteiger partial charge in [0.05, 0.1) is 7.11 Å². The molecule has 0 radical (unpaired) electrons. The fraction of sp³-hybridized carbons (Fsp3) is 0.316. The third kappa shape index (κ3) is 4.99. The second-order valence-corrected chi connectivity index (χ2v) is 5.57. The molecule has 0 aromatic heterocycles. The lowest BCUT2D eigenvalue weighted by molar-refractivity contribution is -0.124. The van der Waals surface area contributed by atoms with Crippen LogP contribution < -0.4 is 20.1 Å². The van der Waals surface area contributed by atoms with Gasteiger partial charge < -0.3 is 20.1 Å². The van der Waals surface area contributed by atoms with Crippen LogP contribution in [-0.4, -0.2) is 26.6 Å². The second kappa shape index (κ2) is 8.93. The summed E-state index contributed by atoms with van der Waals surface area (Å²) >= 11 is 0. The third-order valence-electron chi connectivity index (χ3n) is 3.64. The highest BCUT2D eigenvalue weighted by Gasteiger charge is 2.11. The molecule has 2 aromatic rings. The lowest BCUT2D eigenvalue weighted by atomic mass is 10.1. The molecule has 0 aliphatic rings. The first-order chi connectivity index (χ1) is 11.6. The molecule has 2 aromatic carbocycles. The largest absolute Gasteiger partial charge is 0.493 e. The van der Waals surface area contributed by atoms with Gasteiger partial charge in [0.25, 0.3) is 0 Å². The Balaban J connectivity index is 1.92. The van der Waals surface area contributed by atoms with E-state index in [0.29, 0.717) is 24.6 Å². The minimum atomic E-state index is -0.0526. The van der Waals surface area contributed by atoms with E-state index in [2.05, 4.69) is 10.6 Å². The highest BCUT2D eigenvalue weighted by atomic mass is 16.5. The lowest BCUT2D eigenvalue weighted by Gasteiger charge is -2.12. The van der Waals surface area contributed by atoms with E-state index >= 15 is 0 Å². The van der Waals surface area contributed by atoms with Gasteiger partial charge >= 0.3 is 0 Å². The number of benzene rings is 2. The molecule has 0 saturated carbocycles. The van der Waals surface area contributed by atoms with Crippen molar-refractivity contribution in [3.63, 3.8) is 0 Å². The van der Waals surface area contributed by atoms with Crippen LogP contribution in [0.1, 0.15) is 12.5 Å². The second-order valence-electron chi connectivity index (χ2n) is 5.57. The molecule has 2 N–H and O–H groups in total. The molecule has 0 bridgehead atoms. The third-order valence-corrected chi connectivity index (χ3v) is 3.64. The van der Waals surface area contributed by atoms with Gasteiger partial charge in [0.1, 0.15) is 5.75 Å². The maximum absolute atomic E-state index is 11.9. The van der Waals surface area contributed by atoms with Gasteiger partial charge in [-0.25, -0.2) is 0 Å². The van der Waals surface area contributed by atoms with Crippen LogP contribution in [0.25, 0.3) is 0 Å². The van der Waals surface area contributed by atoms with Gasteiger partial charge in [-0.15, -0.1) is 0 Å². The summed E-state index contributed by atoms with van der Waals surface area (Å²) in [6, 6.07) is 15.1. The zero-order chi connectivity index (χ0) is 17.4. The van der Waals surface area contributed by atoms with Crippen LogP contribution in [0.15, 0.2) is 48.5 Å². The van der Waals surface area contributed by atoms with E-state index < -0.39 is 0 Å². The lowest BCUT2D eigenvalue weighted by Crippen LogP contribution is -2.33. The van der Waals surface area contributed by atoms with E-state index in [9.17, 15) is 4.79 Å². The number of hydrogen-bond donors (Lipinski definition) is 2. The molecule has 0 saturated heterocycles. The molecule has 5 nitrogen and oxygen atoms in total. The van der Waals surface area contributed by atoms with Crippen LogP contribution in [0.4, 0.5) is 0 Å². The van der Waals surface area contributed by atoms with Crippen molar-refractivity contribution >= 4 is 5.91 Å². The topological polar surface area (TPSA) is 59.6 Å². The van der Waals surface area contributed by atoms with Gasteiger partial charge in [-0.05, 0) is 36.9 Å². The molecule has 0 aliphatic carbocycles. The molecular weight excluding hydrogens is 304 g/mol. The Morgan fingerprint density at radius 1 is 1.08 bits per heavy atom. The molecule has 2 rings (SSSR count). The minimum absolute atomic E-state index is 0.0405. The Kier molecular flexibility index (Phi) is 6.63. The van der Waals surface area contributed by atoms with E-state index in [-0.39, 0.29) is 11.8 Å². The van der Waals surface area contributed by atoms with E-state index in [4.69, 9.17) is 9.47 Å². The summed E-state index contributed by atoms with van der Waals surface area (Å²) < 4.78 is 11.1. The molecule has 0 spiro atoms. The number of carbonyl (C=O) groups excluding carboxylic acids is 1. The van der Waals surface area contributed by atoms with Crippen molar-refractivity contribution in [2.75, 3.05) is 20.7 Å². The van der Waals surface area contributed by atoms with E-state index in [1.165, 1.54) is 0 Å². The summed E-state index contributed by atoms with van der Waals surface area (Å²) in [6.45, 7) is 3.06. The number of amides is 1. The van der Waals surface area contributed by atoms with Gasteiger partial charge in [0.2, 0.25) is 5.91 Å². The normalized spacial score (nSPS) is 11.6. The van der Waals surface area contributed by atoms with Crippen molar-refractivity contribution in [2.24, 2.45) is 5.92 Å². The zero-order valence-corrected chi connectivity index (χ0v) is 14.3. The van der Waals surface area contributed by atoms with Gasteiger partial charge in [-0.1, -0.05) is 31.2 Å². The fourth-order valence-corrected chi connectivity index (χ4v) is 2.27. The SMILES string of the molecule is CNCC(C)C(=O)NCc1ccc(Oc2ccccc2OC)cc1. The highest BCUT2D eigenvalue weighted by Crippen LogP contribution is 2.30. The molecular formula is C19H24N2O3. The van der Waals surface area contributed by atoms with Crippen LogP contribution in [-0.2, 0) is 11.3 Å². The quantitative estimate of drug-likeness (QED) is 0.782. The average molecular weight is 328 g/mol. The molecule has 0 aliphatic heterocycles. The molecule has 128 valence electrons. The Hall–Kier alpha value is -2.53. The average Bonchev–Trinajstić information content (AvgIpc) is 2.61. The zero-order valence-electron chi connectivity index (χ0n) is 14.3. The number of carbonyl (C=O) groups is 1. The summed E-state index contributed by atoms with van der Waals surface area (Å²) in [5.41, 5.74) is 1.02. The number of nitrogens with one attached hydrogen (secondary N) is 2. The highest BCUT2D eigenvalue weighted by molar-refractivity contribution is 5.78. The summed E-state index contributed by atoms with van der Waals surface area (Å²) in [6.07, 6.45) is 0. The van der Waals surface area contributed by atoms with Gasteiger partial charge in [-0.2, -0.15) is 0 Å². The van der Waals surface area contributed by atoms with Crippen molar-refractivity contribution in [3.8, 4) is 17.2 Å². The number of ether oxygens (including phenoxy) is 2. The molecule has 24 heavy (non-hydrogen) atoms. The molecule has 0 heterocycles. The predicted molar refractivity (Wildman–Crippen MR) is 94.4 cm³/mol. The van der Waals surface area contributed by atoms with Crippen molar-refractivity contribution in [3.05, 3.63) is 54.1 Å². The van der Waals surface area contributed by atoms with E-state index in [1.54, 1.807) is 7.11 Å². The van der Waals surface area contributed by atoms with Crippen LogP contribution in [0.2, 0.25) is 0 Å². The standard InChI is InChI=1S/C19H24N2O3/c1-14(12-20-2)19(22)21-13-15-8-10-16(11-9-15)24-18-7-5-4-6-17(18)23-3/h4-11,14,20H,12-13H2,1-3H3,(H,21,22). The van der Waals surface area contributed by atoms with Gasteiger partial charge in [-0.3, -0.25) is 4.79 Å². The van der Waals surface area contributed by atoms with Crippen molar-refractivity contribution < 1.29 is 14.3 Å². The Bertz CT molecular complexity index is 656. The first-order valence-electron chi connectivity index (χ1n) is 7.96. The Labute approximate surface area is 143 Å². The molecule has 1 unspecified atom stereocenters. The number of methoxy groups -OCH3 is 1. The number of rotatable bonds is 8. The van der Waals surface area contributed by atoms with Crippen molar-refractivity contribution in [1.82, 2.24) is 10.6 Å². The molecule has 1 atom stereocenters. The molecule has 1 amide bonds. The van der Waals surface area contributed by atoms with Gasteiger partial charge in [0, 0.05) is 19.0 Å². The summed E-state index contributed by atoms with van der Waals surface area (Å²) in [5.74, 6) is 2.06. The van der Waals surface area contributed by atoms with Crippen LogP contribution >= 0.6 is 0 Å². The summed E-state index contributed by atoms with van der Waals surface area (Å²) in [7, 11) is 3.45. The van der Waals surface area contributed by atoms with Crippen LogP contribution in [0.5, 0.6) is 17.2 Å². The van der Waals surface area contributed by atoms with E-state index in [0.717, 1.165) is 11.3 Å². The first kappa shape index (κ1) is 17.8. The number of hydrogen-bond acceptors (Lipinski definition) is 4. The maximum Gasteiger partial charge on any atom is 0.224 e. The smallest absolute Gasteiger partial charge is 0.224 e. The van der Waals surface area contributed by atoms with Crippen molar-refractivity contribution in [2.45, 2.75) is 13.5 Å². The maximum atomic E-state index is 11.9. The summed E-state index contributed by atoms with van der Waals surface area (Å²) in [5, 5.41) is 5.93. The van der Waals surface area contributed by atoms with Gasteiger partial charge in [0.15, 0.2) is 11.5 Å². The molecule has 5 heteroatoms. The number of para-hydroxylation sites is 2.